The fraction of sp³-hybridized carbons (Fsp3) is 0.214. The number of rotatable bonds is 5. The lowest BCUT2D eigenvalue weighted by Gasteiger charge is -2.08. The zero-order valence-corrected chi connectivity index (χ0v) is 11.2. The fourth-order valence-corrected chi connectivity index (χ4v) is 1.73. The molecule has 0 fully saturated rings. The van der Waals surface area contributed by atoms with Gasteiger partial charge in [-0.15, -0.1) is 0 Å². The Bertz CT molecular complexity index is 611. The standard InChI is InChI=1S/C14H14N2O4/c1-19-11-5-3-9(4-6-11)13-15-8-10(7-12(17)18)14(16-13)20-2/h3-6,8H,7H2,1-2H3,(H,17,18). The fourth-order valence-electron chi connectivity index (χ4n) is 1.73. The van der Waals surface area contributed by atoms with Crippen molar-refractivity contribution in [2.45, 2.75) is 6.42 Å². The summed E-state index contributed by atoms with van der Waals surface area (Å²) in [6.07, 6.45) is 1.30. The number of hydrogen-bond donors (Lipinski definition) is 1. The maximum atomic E-state index is 10.7. The van der Waals surface area contributed by atoms with Gasteiger partial charge in [0, 0.05) is 17.3 Å². The maximum absolute atomic E-state index is 10.7. The van der Waals surface area contributed by atoms with E-state index in [1.807, 2.05) is 12.1 Å². The molecule has 0 radical (unpaired) electrons. The molecule has 20 heavy (non-hydrogen) atoms. The minimum absolute atomic E-state index is 0.175. The van der Waals surface area contributed by atoms with Crippen LogP contribution in [0.25, 0.3) is 11.4 Å². The molecule has 0 aliphatic rings. The van der Waals surface area contributed by atoms with Crippen LogP contribution in [0.3, 0.4) is 0 Å². The Kier molecular flexibility index (Phi) is 4.14. The minimum Gasteiger partial charge on any atom is -0.497 e. The molecule has 104 valence electrons. The summed E-state index contributed by atoms with van der Waals surface area (Å²) in [5.74, 6) is 0.527. The molecule has 1 aromatic carbocycles. The van der Waals surface area contributed by atoms with Crippen molar-refractivity contribution in [3.63, 3.8) is 0 Å². The molecule has 0 saturated carbocycles. The Balaban J connectivity index is 2.34. The highest BCUT2D eigenvalue weighted by molar-refractivity contribution is 5.71. The van der Waals surface area contributed by atoms with E-state index < -0.39 is 5.97 Å². The second-order valence-electron chi connectivity index (χ2n) is 4.03. The second kappa shape index (κ2) is 6.01. The Morgan fingerprint density at radius 2 is 1.90 bits per heavy atom. The van der Waals surface area contributed by atoms with Crippen LogP contribution in [0.15, 0.2) is 30.5 Å². The first-order valence-electron chi connectivity index (χ1n) is 5.90. The zero-order valence-electron chi connectivity index (χ0n) is 11.2. The van der Waals surface area contributed by atoms with Crippen molar-refractivity contribution in [3.8, 4) is 23.0 Å². The molecule has 0 saturated heterocycles. The van der Waals surface area contributed by atoms with Gasteiger partial charge in [-0.05, 0) is 24.3 Å². The molecule has 0 spiro atoms. The molecule has 2 aromatic rings. The van der Waals surface area contributed by atoms with E-state index in [-0.39, 0.29) is 12.3 Å². The molecule has 0 aliphatic carbocycles. The average Bonchev–Trinajstić information content (AvgIpc) is 2.47. The summed E-state index contributed by atoms with van der Waals surface area (Å²) in [6.45, 7) is 0. The van der Waals surface area contributed by atoms with Crippen LogP contribution in [0, 0.1) is 0 Å². The van der Waals surface area contributed by atoms with Crippen LogP contribution in [-0.4, -0.2) is 35.3 Å². The number of ether oxygens (including phenoxy) is 2. The molecule has 0 aliphatic heterocycles. The maximum Gasteiger partial charge on any atom is 0.308 e. The molecule has 2 rings (SSSR count). The van der Waals surface area contributed by atoms with Gasteiger partial charge in [0.2, 0.25) is 5.88 Å². The normalized spacial score (nSPS) is 10.1. The molecule has 0 bridgehead atoms. The van der Waals surface area contributed by atoms with Crippen LogP contribution >= 0.6 is 0 Å². The van der Waals surface area contributed by atoms with Gasteiger partial charge in [-0.1, -0.05) is 0 Å². The minimum atomic E-state index is -0.955. The second-order valence-corrected chi connectivity index (χ2v) is 4.03. The van der Waals surface area contributed by atoms with E-state index in [0.29, 0.717) is 11.4 Å². The Morgan fingerprint density at radius 3 is 2.45 bits per heavy atom. The van der Waals surface area contributed by atoms with Crippen LogP contribution < -0.4 is 9.47 Å². The van der Waals surface area contributed by atoms with Crippen LogP contribution in [0.4, 0.5) is 0 Å². The number of benzene rings is 1. The molecule has 1 N–H and O–H groups in total. The van der Waals surface area contributed by atoms with Crippen molar-refractivity contribution in [3.05, 3.63) is 36.0 Å². The summed E-state index contributed by atoms with van der Waals surface area (Å²) in [7, 11) is 3.04. The van der Waals surface area contributed by atoms with Crippen molar-refractivity contribution >= 4 is 5.97 Å². The Morgan fingerprint density at radius 1 is 1.20 bits per heavy atom. The van der Waals surface area contributed by atoms with E-state index in [2.05, 4.69) is 9.97 Å². The van der Waals surface area contributed by atoms with Crippen molar-refractivity contribution in [1.82, 2.24) is 9.97 Å². The molecule has 0 unspecified atom stereocenters. The predicted octanol–water partition coefficient (Wildman–Crippen LogP) is 1.79. The number of nitrogens with zero attached hydrogens (tertiary/aromatic N) is 2. The van der Waals surface area contributed by atoms with Gasteiger partial charge >= 0.3 is 5.97 Å². The van der Waals surface area contributed by atoms with Gasteiger partial charge < -0.3 is 14.6 Å². The van der Waals surface area contributed by atoms with Crippen molar-refractivity contribution < 1.29 is 19.4 Å². The van der Waals surface area contributed by atoms with Gasteiger partial charge in [0.15, 0.2) is 5.82 Å². The van der Waals surface area contributed by atoms with Gasteiger partial charge in [-0.2, -0.15) is 4.98 Å². The predicted molar refractivity (Wildman–Crippen MR) is 71.9 cm³/mol. The summed E-state index contributed by atoms with van der Waals surface area (Å²) < 4.78 is 10.2. The number of carboxylic acid groups (broad SMARTS) is 1. The third-order valence-electron chi connectivity index (χ3n) is 2.71. The first kappa shape index (κ1) is 13.8. The van der Waals surface area contributed by atoms with Gasteiger partial charge in [0.25, 0.3) is 0 Å². The van der Waals surface area contributed by atoms with Crippen LogP contribution in [-0.2, 0) is 11.2 Å². The lowest BCUT2D eigenvalue weighted by atomic mass is 10.2. The molecule has 6 nitrogen and oxygen atoms in total. The molecular formula is C14H14N2O4. The highest BCUT2D eigenvalue weighted by Crippen LogP contribution is 2.23. The van der Waals surface area contributed by atoms with E-state index in [9.17, 15) is 4.79 Å². The Labute approximate surface area is 116 Å². The molecular weight excluding hydrogens is 260 g/mol. The van der Waals surface area contributed by atoms with Gasteiger partial charge in [-0.25, -0.2) is 4.98 Å². The van der Waals surface area contributed by atoms with Crippen LogP contribution in [0.2, 0.25) is 0 Å². The number of carboxylic acids is 1. The molecule has 0 atom stereocenters. The van der Waals surface area contributed by atoms with Gasteiger partial charge in [0.1, 0.15) is 5.75 Å². The van der Waals surface area contributed by atoms with E-state index in [4.69, 9.17) is 14.6 Å². The summed E-state index contributed by atoms with van der Waals surface area (Å²) in [5.41, 5.74) is 1.24. The van der Waals surface area contributed by atoms with Crippen molar-refractivity contribution in [1.29, 1.82) is 0 Å². The highest BCUT2D eigenvalue weighted by atomic mass is 16.5. The number of carbonyl (C=O) groups is 1. The lowest BCUT2D eigenvalue weighted by Crippen LogP contribution is -2.05. The molecule has 1 aromatic heterocycles. The summed E-state index contributed by atoms with van der Waals surface area (Å²) in [5, 5.41) is 8.81. The van der Waals surface area contributed by atoms with Gasteiger partial charge in [0.05, 0.1) is 20.6 Å². The van der Waals surface area contributed by atoms with E-state index in [0.717, 1.165) is 11.3 Å². The quantitative estimate of drug-likeness (QED) is 0.895. The Hall–Kier alpha value is -2.63. The summed E-state index contributed by atoms with van der Waals surface area (Å²) in [6, 6.07) is 7.25. The monoisotopic (exact) mass is 274 g/mol. The SMILES string of the molecule is COc1ccc(-c2ncc(CC(=O)O)c(OC)n2)cc1. The molecule has 1 heterocycles. The first-order valence-corrected chi connectivity index (χ1v) is 5.90. The third kappa shape index (κ3) is 3.03. The van der Waals surface area contributed by atoms with Crippen LogP contribution in [0.5, 0.6) is 11.6 Å². The van der Waals surface area contributed by atoms with Crippen molar-refractivity contribution in [2.24, 2.45) is 0 Å². The van der Waals surface area contributed by atoms with E-state index in [1.54, 1.807) is 19.2 Å². The summed E-state index contributed by atoms with van der Waals surface area (Å²) in [4.78, 5) is 19.1. The molecule has 6 heteroatoms. The first-order chi connectivity index (χ1) is 9.63. The third-order valence-corrected chi connectivity index (χ3v) is 2.71. The summed E-state index contributed by atoms with van der Waals surface area (Å²) >= 11 is 0. The van der Waals surface area contributed by atoms with Crippen LogP contribution in [0.1, 0.15) is 5.56 Å². The number of hydrogen-bond acceptors (Lipinski definition) is 5. The number of aliphatic carboxylic acids is 1. The highest BCUT2D eigenvalue weighted by Gasteiger charge is 2.12. The van der Waals surface area contributed by atoms with Gasteiger partial charge in [-0.3, -0.25) is 4.79 Å². The van der Waals surface area contributed by atoms with E-state index >= 15 is 0 Å². The largest absolute Gasteiger partial charge is 0.497 e. The number of aromatic nitrogens is 2. The zero-order chi connectivity index (χ0) is 14.5. The topological polar surface area (TPSA) is 81.5 Å². The smallest absolute Gasteiger partial charge is 0.308 e. The molecule has 0 amide bonds. The average molecular weight is 274 g/mol. The number of methoxy groups -OCH3 is 2. The lowest BCUT2D eigenvalue weighted by molar-refractivity contribution is -0.136. The van der Waals surface area contributed by atoms with E-state index in [1.165, 1.54) is 13.3 Å². The van der Waals surface area contributed by atoms with Crippen molar-refractivity contribution in [2.75, 3.05) is 14.2 Å².